The summed E-state index contributed by atoms with van der Waals surface area (Å²) < 4.78 is 1.76. The van der Waals surface area contributed by atoms with Crippen molar-refractivity contribution in [3.8, 4) is 0 Å². The molecular formula is C19H16Cl2N2O2. The molecule has 0 fully saturated rings. The predicted molar refractivity (Wildman–Crippen MR) is 101 cm³/mol. The highest BCUT2D eigenvalue weighted by atomic mass is 35.5. The fourth-order valence-electron chi connectivity index (χ4n) is 2.63. The Morgan fingerprint density at radius 1 is 1.12 bits per heavy atom. The second-order valence-electron chi connectivity index (χ2n) is 5.84. The van der Waals surface area contributed by atoms with Crippen LogP contribution in [0.25, 0.3) is 10.9 Å². The summed E-state index contributed by atoms with van der Waals surface area (Å²) in [4.78, 5) is 24.3. The minimum atomic E-state index is -0.170. The molecule has 0 aliphatic heterocycles. The molecule has 0 saturated heterocycles. The number of hydrogen-bond acceptors (Lipinski definition) is 2. The van der Waals surface area contributed by atoms with Gasteiger partial charge in [0, 0.05) is 34.2 Å². The molecule has 3 aromatic rings. The maximum Gasteiger partial charge on any atom is 0.240 e. The molecule has 0 atom stereocenters. The van der Waals surface area contributed by atoms with Crippen LogP contribution in [0.15, 0.2) is 53.5 Å². The quantitative estimate of drug-likeness (QED) is 0.751. The standard InChI is InChI=1S/C19H16Cl2N2O2/c1-12-2-5-17-15(8-12)18(24)6-7-23(17)11-19(25)22-10-13-3-4-14(20)9-16(13)21/h2-9H,10-11H2,1H3,(H,22,25). The van der Waals surface area contributed by atoms with Gasteiger partial charge in [-0.2, -0.15) is 0 Å². The van der Waals surface area contributed by atoms with Gasteiger partial charge in [0.2, 0.25) is 5.91 Å². The van der Waals surface area contributed by atoms with Gasteiger partial charge in [0.25, 0.3) is 0 Å². The van der Waals surface area contributed by atoms with E-state index in [4.69, 9.17) is 23.2 Å². The summed E-state index contributed by atoms with van der Waals surface area (Å²) in [6, 6.07) is 12.2. The number of nitrogens with zero attached hydrogens (tertiary/aromatic N) is 1. The van der Waals surface area contributed by atoms with Crippen LogP contribution in [0.4, 0.5) is 0 Å². The average Bonchev–Trinajstić information content (AvgIpc) is 2.57. The molecule has 1 heterocycles. The molecule has 1 aromatic heterocycles. The van der Waals surface area contributed by atoms with Crippen molar-refractivity contribution >= 4 is 40.0 Å². The van der Waals surface area contributed by atoms with Gasteiger partial charge in [-0.25, -0.2) is 0 Å². The van der Waals surface area contributed by atoms with E-state index in [1.165, 1.54) is 6.07 Å². The zero-order valence-electron chi connectivity index (χ0n) is 13.6. The van der Waals surface area contributed by atoms with Crippen molar-refractivity contribution < 1.29 is 4.79 Å². The Hall–Kier alpha value is -2.30. The zero-order chi connectivity index (χ0) is 18.0. The molecule has 1 N–H and O–H groups in total. The normalized spacial score (nSPS) is 10.8. The van der Waals surface area contributed by atoms with E-state index < -0.39 is 0 Å². The number of aromatic nitrogens is 1. The predicted octanol–water partition coefficient (Wildman–Crippen LogP) is 3.93. The average molecular weight is 375 g/mol. The molecule has 0 unspecified atom stereocenters. The van der Waals surface area contributed by atoms with Crippen molar-refractivity contribution in [1.82, 2.24) is 9.88 Å². The largest absolute Gasteiger partial charge is 0.350 e. The molecular weight excluding hydrogens is 359 g/mol. The topological polar surface area (TPSA) is 51.1 Å². The first-order chi connectivity index (χ1) is 11.9. The fourth-order valence-corrected chi connectivity index (χ4v) is 3.11. The lowest BCUT2D eigenvalue weighted by molar-refractivity contribution is -0.121. The summed E-state index contributed by atoms with van der Waals surface area (Å²) in [6.07, 6.45) is 1.63. The van der Waals surface area contributed by atoms with Crippen LogP contribution in [-0.2, 0) is 17.9 Å². The maximum absolute atomic E-state index is 12.3. The number of carbonyl (C=O) groups excluding carboxylic acids is 1. The molecule has 0 radical (unpaired) electrons. The van der Waals surface area contributed by atoms with E-state index in [2.05, 4.69) is 5.32 Å². The summed E-state index contributed by atoms with van der Waals surface area (Å²) in [5.41, 5.74) is 2.48. The zero-order valence-corrected chi connectivity index (χ0v) is 15.1. The molecule has 6 heteroatoms. The summed E-state index contributed by atoms with van der Waals surface area (Å²) in [6.45, 7) is 2.36. The van der Waals surface area contributed by atoms with Crippen molar-refractivity contribution in [2.45, 2.75) is 20.0 Å². The third-order valence-electron chi connectivity index (χ3n) is 3.94. The Morgan fingerprint density at radius 3 is 2.68 bits per heavy atom. The molecule has 0 spiro atoms. The first kappa shape index (κ1) is 17.5. The first-order valence-corrected chi connectivity index (χ1v) is 8.50. The highest BCUT2D eigenvalue weighted by molar-refractivity contribution is 6.35. The Balaban J connectivity index is 1.76. The number of carbonyl (C=O) groups is 1. The van der Waals surface area contributed by atoms with Crippen LogP contribution in [0.5, 0.6) is 0 Å². The van der Waals surface area contributed by atoms with Crippen molar-refractivity contribution in [3.05, 3.63) is 80.1 Å². The van der Waals surface area contributed by atoms with E-state index in [9.17, 15) is 9.59 Å². The first-order valence-electron chi connectivity index (χ1n) is 7.74. The lowest BCUT2D eigenvalue weighted by Crippen LogP contribution is -2.27. The number of fused-ring (bicyclic) bond motifs is 1. The Morgan fingerprint density at radius 2 is 1.92 bits per heavy atom. The number of nitrogens with one attached hydrogen (secondary N) is 1. The van der Waals surface area contributed by atoms with Crippen LogP contribution in [0.1, 0.15) is 11.1 Å². The van der Waals surface area contributed by atoms with E-state index >= 15 is 0 Å². The van der Waals surface area contributed by atoms with Gasteiger partial charge in [-0.3, -0.25) is 9.59 Å². The molecule has 128 valence electrons. The van der Waals surface area contributed by atoms with Crippen molar-refractivity contribution in [2.24, 2.45) is 0 Å². The van der Waals surface area contributed by atoms with Gasteiger partial charge in [-0.05, 0) is 36.8 Å². The molecule has 1 amide bonds. The highest BCUT2D eigenvalue weighted by Gasteiger charge is 2.08. The van der Waals surface area contributed by atoms with E-state index in [0.717, 1.165) is 16.6 Å². The molecule has 0 aliphatic carbocycles. The summed E-state index contributed by atoms with van der Waals surface area (Å²) in [5, 5.41) is 4.50. The van der Waals surface area contributed by atoms with E-state index in [0.29, 0.717) is 22.0 Å². The van der Waals surface area contributed by atoms with Crippen LogP contribution in [0.3, 0.4) is 0 Å². The van der Waals surface area contributed by atoms with Gasteiger partial charge in [-0.15, -0.1) is 0 Å². The van der Waals surface area contributed by atoms with E-state index in [1.807, 2.05) is 25.1 Å². The molecule has 0 bridgehead atoms. The van der Waals surface area contributed by atoms with Gasteiger partial charge in [0.1, 0.15) is 6.54 Å². The second kappa shape index (κ2) is 7.30. The molecule has 0 aliphatic rings. The minimum absolute atomic E-state index is 0.0525. The number of benzene rings is 2. The number of aryl methyl sites for hydroxylation is 1. The minimum Gasteiger partial charge on any atom is -0.350 e. The summed E-state index contributed by atoms with van der Waals surface area (Å²) >= 11 is 12.0. The Kier molecular flexibility index (Phi) is 5.11. The van der Waals surface area contributed by atoms with E-state index in [1.54, 1.807) is 29.0 Å². The van der Waals surface area contributed by atoms with Crippen molar-refractivity contribution in [1.29, 1.82) is 0 Å². The summed E-state index contributed by atoms with van der Waals surface area (Å²) in [7, 11) is 0. The lowest BCUT2D eigenvalue weighted by Gasteiger charge is -2.12. The second-order valence-corrected chi connectivity index (χ2v) is 6.68. The fraction of sp³-hybridized carbons (Fsp3) is 0.158. The number of halogens is 2. The number of rotatable bonds is 4. The van der Waals surface area contributed by atoms with Crippen LogP contribution in [0, 0.1) is 6.92 Å². The van der Waals surface area contributed by atoms with Crippen molar-refractivity contribution in [2.75, 3.05) is 0 Å². The highest BCUT2D eigenvalue weighted by Crippen LogP contribution is 2.20. The smallest absolute Gasteiger partial charge is 0.240 e. The van der Waals surface area contributed by atoms with Gasteiger partial charge in [-0.1, -0.05) is 40.9 Å². The third-order valence-corrected chi connectivity index (χ3v) is 4.52. The Labute approximate surface area is 155 Å². The lowest BCUT2D eigenvalue weighted by atomic mass is 10.1. The summed E-state index contributed by atoms with van der Waals surface area (Å²) in [5.74, 6) is -0.170. The van der Waals surface area contributed by atoms with Crippen LogP contribution >= 0.6 is 23.2 Å². The van der Waals surface area contributed by atoms with Crippen LogP contribution in [0.2, 0.25) is 10.0 Å². The van der Waals surface area contributed by atoms with Gasteiger partial charge in [0.05, 0.1) is 5.52 Å². The maximum atomic E-state index is 12.3. The molecule has 3 rings (SSSR count). The molecule has 2 aromatic carbocycles. The van der Waals surface area contributed by atoms with Crippen LogP contribution < -0.4 is 10.7 Å². The number of pyridine rings is 1. The molecule has 25 heavy (non-hydrogen) atoms. The third kappa shape index (κ3) is 4.03. The molecule has 0 saturated carbocycles. The number of hydrogen-bond donors (Lipinski definition) is 1. The van der Waals surface area contributed by atoms with Crippen LogP contribution in [-0.4, -0.2) is 10.5 Å². The van der Waals surface area contributed by atoms with Gasteiger partial charge < -0.3 is 9.88 Å². The SMILES string of the molecule is Cc1ccc2c(c1)c(=O)ccn2CC(=O)NCc1ccc(Cl)cc1Cl. The monoisotopic (exact) mass is 374 g/mol. The Bertz CT molecular complexity index is 1010. The van der Waals surface area contributed by atoms with E-state index in [-0.39, 0.29) is 17.9 Å². The van der Waals surface area contributed by atoms with Gasteiger partial charge in [0.15, 0.2) is 5.43 Å². The number of amides is 1. The van der Waals surface area contributed by atoms with Gasteiger partial charge >= 0.3 is 0 Å². The molecule has 4 nitrogen and oxygen atoms in total. The van der Waals surface area contributed by atoms with Crippen molar-refractivity contribution in [3.63, 3.8) is 0 Å².